The van der Waals surface area contributed by atoms with Crippen molar-refractivity contribution in [1.82, 2.24) is 15.3 Å². The van der Waals surface area contributed by atoms with Gasteiger partial charge in [0, 0.05) is 18.2 Å². The molecule has 1 amide bonds. The van der Waals surface area contributed by atoms with Gasteiger partial charge in [0.2, 0.25) is 0 Å². The molecule has 0 spiro atoms. The topological polar surface area (TPSA) is 75.1 Å². The van der Waals surface area contributed by atoms with E-state index in [0.29, 0.717) is 18.0 Å². The molecule has 25 heavy (non-hydrogen) atoms. The standard InChI is InChI=1S/C20H25N3O2/c1-14(13-18(24)15-7-3-2-4-8-15)22-20(25)17-11-12-21-19(23-17)16-9-5-6-10-16/h2-4,7-8,11-12,14,16,18,24H,5-6,9-10,13H2,1H3,(H,22,25). The molecule has 1 aromatic heterocycles. The van der Waals surface area contributed by atoms with Crippen molar-refractivity contribution in [3.8, 4) is 0 Å². The molecule has 2 N–H and O–H groups in total. The van der Waals surface area contributed by atoms with Crippen LogP contribution >= 0.6 is 0 Å². The Kier molecular flexibility index (Phi) is 5.76. The summed E-state index contributed by atoms with van der Waals surface area (Å²) in [5, 5.41) is 13.2. The number of amides is 1. The van der Waals surface area contributed by atoms with Gasteiger partial charge in [-0.25, -0.2) is 9.97 Å². The van der Waals surface area contributed by atoms with E-state index in [1.54, 1.807) is 12.3 Å². The van der Waals surface area contributed by atoms with E-state index in [2.05, 4.69) is 15.3 Å². The Hall–Kier alpha value is -2.27. The van der Waals surface area contributed by atoms with Crippen molar-refractivity contribution in [2.75, 3.05) is 0 Å². The molecule has 5 nitrogen and oxygen atoms in total. The molecular weight excluding hydrogens is 314 g/mol. The van der Waals surface area contributed by atoms with E-state index in [0.717, 1.165) is 24.2 Å². The number of benzene rings is 1. The molecule has 2 unspecified atom stereocenters. The highest BCUT2D eigenvalue weighted by molar-refractivity contribution is 5.92. The van der Waals surface area contributed by atoms with Crippen LogP contribution in [0.5, 0.6) is 0 Å². The zero-order valence-corrected chi connectivity index (χ0v) is 14.6. The fraction of sp³-hybridized carbons (Fsp3) is 0.450. The van der Waals surface area contributed by atoms with Crippen LogP contribution in [0.25, 0.3) is 0 Å². The summed E-state index contributed by atoms with van der Waals surface area (Å²) in [5.41, 5.74) is 1.26. The minimum Gasteiger partial charge on any atom is -0.388 e. The SMILES string of the molecule is CC(CC(O)c1ccccc1)NC(=O)c1ccnc(C2CCCC2)n1. The van der Waals surface area contributed by atoms with E-state index < -0.39 is 6.10 Å². The average molecular weight is 339 g/mol. The molecule has 1 aromatic carbocycles. The molecule has 0 aliphatic heterocycles. The summed E-state index contributed by atoms with van der Waals surface area (Å²) in [5.74, 6) is 0.946. The molecule has 2 aromatic rings. The number of nitrogens with one attached hydrogen (secondary N) is 1. The fourth-order valence-corrected chi connectivity index (χ4v) is 3.38. The average Bonchev–Trinajstić information content (AvgIpc) is 3.17. The molecule has 1 fully saturated rings. The molecule has 0 bridgehead atoms. The lowest BCUT2D eigenvalue weighted by atomic mass is 10.0. The van der Waals surface area contributed by atoms with Crippen LogP contribution in [0.1, 0.15) is 72.9 Å². The highest BCUT2D eigenvalue weighted by Gasteiger charge is 2.21. The monoisotopic (exact) mass is 339 g/mol. The number of carbonyl (C=O) groups excluding carboxylic acids is 1. The molecular formula is C20H25N3O2. The van der Waals surface area contributed by atoms with Gasteiger partial charge in [-0.2, -0.15) is 0 Å². The van der Waals surface area contributed by atoms with Crippen LogP contribution in [-0.4, -0.2) is 27.0 Å². The third-order valence-corrected chi connectivity index (χ3v) is 4.77. The summed E-state index contributed by atoms with van der Waals surface area (Å²) in [6.07, 6.45) is 6.14. The number of aliphatic hydroxyl groups is 1. The fourth-order valence-electron chi connectivity index (χ4n) is 3.38. The number of aromatic nitrogens is 2. The van der Waals surface area contributed by atoms with Crippen molar-refractivity contribution >= 4 is 5.91 Å². The van der Waals surface area contributed by atoms with Gasteiger partial charge in [-0.1, -0.05) is 43.2 Å². The van der Waals surface area contributed by atoms with Gasteiger partial charge in [-0.3, -0.25) is 4.79 Å². The van der Waals surface area contributed by atoms with Crippen molar-refractivity contribution < 1.29 is 9.90 Å². The number of hydrogen-bond donors (Lipinski definition) is 2. The molecule has 1 aliphatic rings. The largest absolute Gasteiger partial charge is 0.388 e. The second-order valence-corrected chi connectivity index (χ2v) is 6.82. The van der Waals surface area contributed by atoms with Crippen LogP contribution in [0.2, 0.25) is 0 Å². The minimum absolute atomic E-state index is 0.160. The first-order valence-electron chi connectivity index (χ1n) is 9.00. The Morgan fingerprint density at radius 1 is 1.24 bits per heavy atom. The first-order chi connectivity index (χ1) is 12.1. The second kappa shape index (κ2) is 8.21. The Morgan fingerprint density at radius 2 is 1.96 bits per heavy atom. The second-order valence-electron chi connectivity index (χ2n) is 6.82. The predicted octanol–water partition coefficient (Wildman–Crippen LogP) is 3.38. The van der Waals surface area contributed by atoms with E-state index in [-0.39, 0.29) is 11.9 Å². The minimum atomic E-state index is -0.601. The highest BCUT2D eigenvalue weighted by Crippen LogP contribution is 2.31. The smallest absolute Gasteiger partial charge is 0.270 e. The highest BCUT2D eigenvalue weighted by atomic mass is 16.3. The molecule has 3 rings (SSSR count). The van der Waals surface area contributed by atoms with Gasteiger partial charge in [0.25, 0.3) is 5.91 Å². The summed E-state index contributed by atoms with van der Waals surface area (Å²) in [7, 11) is 0. The molecule has 2 atom stereocenters. The van der Waals surface area contributed by atoms with E-state index in [1.165, 1.54) is 12.8 Å². The molecule has 5 heteroatoms. The summed E-state index contributed by atoms with van der Waals surface area (Å²) >= 11 is 0. The lowest BCUT2D eigenvalue weighted by Crippen LogP contribution is -2.34. The van der Waals surface area contributed by atoms with Gasteiger partial charge < -0.3 is 10.4 Å². The normalized spacial score (nSPS) is 17.2. The van der Waals surface area contributed by atoms with Gasteiger partial charge >= 0.3 is 0 Å². The van der Waals surface area contributed by atoms with Crippen LogP contribution in [0.3, 0.4) is 0 Å². The van der Waals surface area contributed by atoms with Crippen molar-refractivity contribution in [2.24, 2.45) is 0 Å². The third kappa shape index (κ3) is 4.63. The van der Waals surface area contributed by atoms with Crippen LogP contribution in [0, 0.1) is 0 Å². The zero-order chi connectivity index (χ0) is 17.6. The quantitative estimate of drug-likeness (QED) is 0.846. The Morgan fingerprint density at radius 3 is 2.68 bits per heavy atom. The first kappa shape index (κ1) is 17.5. The van der Waals surface area contributed by atoms with Gasteiger partial charge in [0.05, 0.1) is 6.10 Å². The number of nitrogens with zero attached hydrogens (tertiary/aromatic N) is 2. The predicted molar refractivity (Wildman–Crippen MR) is 96.2 cm³/mol. The van der Waals surface area contributed by atoms with E-state index in [9.17, 15) is 9.90 Å². The summed E-state index contributed by atoms with van der Waals surface area (Å²) in [6.45, 7) is 1.89. The van der Waals surface area contributed by atoms with Gasteiger partial charge in [-0.15, -0.1) is 0 Å². The number of aliphatic hydroxyl groups excluding tert-OH is 1. The van der Waals surface area contributed by atoms with E-state index in [4.69, 9.17) is 0 Å². The molecule has 1 saturated carbocycles. The summed E-state index contributed by atoms with van der Waals surface area (Å²) < 4.78 is 0. The lowest BCUT2D eigenvalue weighted by molar-refractivity contribution is 0.0911. The maximum atomic E-state index is 12.5. The van der Waals surface area contributed by atoms with Crippen molar-refractivity contribution in [3.05, 3.63) is 59.7 Å². The van der Waals surface area contributed by atoms with Gasteiger partial charge in [0.15, 0.2) is 0 Å². The van der Waals surface area contributed by atoms with Crippen LogP contribution in [0.15, 0.2) is 42.6 Å². The zero-order valence-electron chi connectivity index (χ0n) is 14.6. The lowest BCUT2D eigenvalue weighted by Gasteiger charge is -2.18. The Labute approximate surface area is 148 Å². The maximum Gasteiger partial charge on any atom is 0.270 e. The number of rotatable bonds is 6. The maximum absolute atomic E-state index is 12.5. The van der Waals surface area contributed by atoms with Crippen molar-refractivity contribution in [1.29, 1.82) is 0 Å². The molecule has 132 valence electrons. The van der Waals surface area contributed by atoms with Crippen molar-refractivity contribution in [3.63, 3.8) is 0 Å². The van der Waals surface area contributed by atoms with E-state index >= 15 is 0 Å². The Balaban J connectivity index is 1.59. The van der Waals surface area contributed by atoms with Crippen molar-refractivity contribution in [2.45, 2.75) is 57.1 Å². The number of carbonyl (C=O) groups is 1. The Bertz CT molecular complexity index is 699. The summed E-state index contributed by atoms with van der Waals surface area (Å²) in [4.78, 5) is 21.3. The van der Waals surface area contributed by atoms with Gasteiger partial charge in [0.1, 0.15) is 11.5 Å². The molecule has 1 heterocycles. The summed E-state index contributed by atoms with van der Waals surface area (Å²) in [6, 6.07) is 11.0. The number of hydrogen-bond acceptors (Lipinski definition) is 4. The molecule has 1 aliphatic carbocycles. The molecule has 0 saturated heterocycles. The van der Waals surface area contributed by atoms with Gasteiger partial charge in [-0.05, 0) is 37.8 Å². The van der Waals surface area contributed by atoms with E-state index in [1.807, 2.05) is 37.3 Å². The van der Waals surface area contributed by atoms with Crippen LogP contribution < -0.4 is 5.32 Å². The molecule has 0 radical (unpaired) electrons. The van der Waals surface area contributed by atoms with Crippen LogP contribution in [0.4, 0.5) is 0 Å². The first-order valence-corrected chi connectivity index (χ1v) is 9.00. The third-order valence-electron chi connectivity index (χ3n) is 4.77. The van der Waals surface area contributed by atoms with Crippen LogP contribution in [-0.2, 0) is 0 Å².